The van der Waals surface area contributed by atoms with Gasteiger partial charge < -0.3 is 5.73 Å². The molecule has 1 heterocycles. The molecule has 2 aliphatic carbocycles. The van der Waals surface area contributed by atoms with Crippen LogP contribution in [0, 0.1) is 45.3 Å². The molecule has 1 aromatic carbocycles. The number of aromatic nitrogens is 1. The summed E-state index contributed by atoms with van der Waals surface area (Å²) in [6.45, 7) is 0. The fraction of sp³-hybridized carbons (Fsp3) is 0.250. The van der Waals surface area contributed by atoms with Crippen LogP contribution in [-0.4, -0.2) is 4.98 Å². The van der Waals surface area contributed by atoms with Crippen LogP contribution in [0.3, 0.4) is 0 Å². The summed E-state index contributed by atoms with van der Waals surface area (Å²) >= 11 is 0. The summed E-state index contributed by atoms with van der Waals surface area (Å²) < 4.78 is 0. The number of hydrogen-bond donors (Lipinski definition) is 1. The smallest absolute Gasteiger partial charge is 0.191 e. The van der Waals surface area contributed by atoms with E-state index in [1.54, 1.807) is 18.5 Å². The number of nitriles is 3. The van der Waals surface area contributed by atoms with E-state index in [-0.39, 0.29) is 23.1 Å². The second-order valence-electron chi connectivity index (χ2n) is 7.54. The van der Waals surface area contributed by atoms with Gasteiger partial charge in [-0.15, -0.1) is 0 Å². The Kier molecular flexibility index (Phi) is 4.63. The summed E-state index contributed by atoms with van der Waals surface area (Å²) in [5, 5.41) is 30.0. The Labute approximate surface area is 170 Å². The van der Waals surface area contributed by atoms with Crippen LogP contribution in [0.25, 0.3) is 0 Å². The van der Waals surface area contributed by atoms with Gasteiger partial charge in [0.15, 0.2) is 5.41 Å². The normalized spacial score (nSPS) is 25.0. The Hall–Kier alpha value is -3.88. The predicted molar refractivity (Wildman–Crippen MR) is 107 cm³/mol. The summed E-state index contributed by atoms with van der Waals surface area (Å²) in [7, 11) is 0. The van der Waals surface area contributed by atoms with E-state index in [1.807, 2.05) is 24.3 Å². The van der Waals surface area contributed by atoms with Gasteiger partial charge in [-0.3, -0.25) is 4.98 Å². The molecule has 0 aliphatic heterocycles. The van der Waals surface area contributed by atoms with Crippen molar-refractivity contribution in [3.05, 3.63) is 88.9 Å². The number of rotatable bonds is 2. The second-order valence-corrected chi connectivity index (χ2v) is 7.54. The molecule has 2 aromatic rings. The third-order valence-corrected chi connectivity index (χ3v) is 6.19. The first-order valence-corrected chi connectivity index (χ1v) is 9.54. The third kappa shape index (κ3) is 2.78. The van der Waals surface area contributed by atoms with E-state index < -0.39 is 11.3 Å². The zero-order valence-electron chi connectivity index (χ0n) is 15.8. The summed E-state index contributed by atoms with van der Waals surface area (Å²) in [5.41, 5.74) is 7.92. The lowest BCUT2D eigenvalue weighted by molar-refractivity contribution is 0.302. The lowest BCUT2D eigenvalue weighted by atomic mass is 9.55. The second kappa shape index (κ2) is 7.27. The van der Waals surface area contributed by atoms with E-state index in [1.165, 1.54) is 5.56 Å². The number of fused-ring (bicyclic) bond motifs is 1. The zero-order valence-corrected chi connectivity index (χ0v) is 15.8. The Morgan fingerprint density at radius 1 is 1.00 bits per heavy atom. The highest BCUT2D eigenvalue weighted by molar-refractivity contribution is 5.59. The summed E-state index contributed by atoms with van der Waals surface area (Å²) in [6.07, 6.45) is 6.96. The van der Waals surface area contributed by atoms with Gasteiger partial charge in [0.05, 0.1) is 23.4 Å². The van der Waals surface area contributed by atoms with Crippen molar-refractivity contribution in [1.82, 2.24) is 4.98 Å². The van der Waals surface area contributed by atoms with Gasteiger partial charge >= 0.3 is 0 Å². The van der Waals surface area contributed by atoms with Crippen molar-refractivity contribution in [2.45, 2.75) is 24.7 Å². The van der Waals surface area contributed by atoms with Crippen LogP contribution in [0.15, 0.2) is 77.8 Å². The fourth-order valence-corrected chi connectivity index (χ4v) is 4.82. The highest BCUT2D eigenvalue weighted by Crippen LogP contribution is 2.57. The number of nitrogens with two attached hydrogens (primary N) is 1. The summed E-state index contributed by atoms with van der Waals surface area (Å²) in [4.78, 5) is 4.21. The molecule has 140 valence electrons. The van der Waals surface area contributed by atoms with Gasteiger partial charge in [0.1, 0.15) is 6.07 Å². The first kappa shape index (κ1) is 18.5. The molecule has 4 rings (SSSR count). The minimum atomic E-state index is -1.60. The molecular weight excluding hydrogens is 358 g/mol. The number of benzene rings is 1. The average molecular weight is 377 g/mol. The molecular formula is C24H19N5. The minimum Gasteiger partial charge on any atom is -0.399 e. The Morgan fingerprint density at radius 3 is 2.34 bits per heavy atom. The highest BCUT2D eigenvalue weighted by Gasteiger charge is 2.54. The van der Waals surface area contributed by atoms with Crippen LogP contribution >= 0.6 is 0 Å². The van der Waals surface area contributed by atoms with E-state index in [0.717, 1.165) is 24.0 Å². The fourth-order valence-electron chi connectivity index (χ4n) is 4.82. The maximum atomic E-state index is 10.1. The molecule has 0 radical (unpaired) electrons. The molecule has 3 atom stereocenters. The van der Waals surface area contributed by atoms with Crippen molar-refractivity contribution in [3.8, 4) is 18.2 Å². The molecule has 0 amide bonds. The van der Waals surface area contributed by atoms with Gasteiger partial charge in [-0.05, 0) is 47.4 Å². The first-order valence-electron chi connectivity index (χ1n) is 9.54. The van der Waals surface area contributed by atoms with Crippen LogP contribution in [0.5, 0.6) is 0 Å². The van der Waals surface area contributed by atoms with Crippen LogP contribution < -0.4 is 5.73 Å². The van der Waals surface area contributed by atoms with Crippen molar-refractivity contribution in [2.24, 2.45) is 17.1 Å². The molecule has 1 aromatic heterocycles. The molecule has 2 N–H and O–H groups in total. The maximum Gasteiger partial charge on any atom is 0.191 e. The van der Waals surface area contributed by atoms with Crippen LogP contribution in [-0.2, 0) is 0 Å². The molecule has 0 bridgehead atoms. The van der Waals surface area contributed by atoms with Crippen molar-refractivity contribution in [2.75, 3.05) is 0 Å². The van der Waals surface area contributed by atoms with E-state index in [2.05, 4.69) is 41.4 Å². The lowest BCUT2D eigenvalue weighted by Crippen LogP contribution is -2.43. The molecule has 0 fully saturated rings. The van der Waals surface area contributed by atoms with Crippen molar-refractivity contribution < 1.29 is 0 Å². The largest absolute Gasteiger partial charge is 0.399 e. The average Bonchev–Trinajstić information content (AvgIpc) is 2.79. The molecule has 0 unspecified atom stereocenters. The van der Waals surface area contributed by atoms with Gasteiger partial charge in [0, 0.05) is 18.3 Å². The monoisotopic (exact) mass is 377 g/mol. The van der Waals surface area contributed by atoms with E-state index in [4.69, 9.17) is 5.73 Å². The molecule has 0 spiro atoms. The topological polar surface area (TPSA) is 110 Å². The van der Waals surface area contributed by atoms with Crippen LogP contribution in [0.2, 0.25) is 0 Å². The van der Waals surface area contributed by atoms with Crippen LogP contribution in [0.1, 0.15) is 35.8 Å². The molecule has 5 heteroatoms. The van der Waals surface area contributed by atoms with E-state index >= 15 is 0 Å². The number of pyridine rings is 1. The van der Waals surface area contributed by atoms with Crippen LogP contribution in [0.4, 0.5) is 0 Å². The standard InChI is InChI=1S/C24H19N5/c25-12-21-19-9-8-17(16-5-2-1-3-6-16)11-20(19)22(18-7-4-10-29-13-18)24(14-26,15-27)23(21)28/h1-7,9-10,13,17,20,22H,8,11,28H2/t17-,20+,22-/m1/s1. The van der Waals surface area contributed by atoms with Gasteiger partial charge in [0.25, 0.3) is 0 Å². The minimum absolute atomic E-state index is 0.0551. The maximum absolute atomic E-state index is 10.1. The molecule has 0 saturated heterocycles. The van der Waals surface area contributed by atoms with Crippen molar-refractivity contribution in [3.63, 3.8) is 0 Å². The Balaban J connectivity index is 1.93. The number of nitrogens with zero attached hydrogens (tertiary/aromatic N) is 4. The number of hydrogen-bond acceptors (Lipinski definition) is 5. The van der Waals surface area contributed by atoms with E-state index in [0.29, 0.717) is 0 Å². The van der Waals surface area contributed by atoms with Gasteiger partial charge in [0.2, 0.25) is 0 Å². The quantitative estimate of drug-likeness (QED) is 0.848. The van der Waals surface area contributed by atoms with Gasteiger partial charge in [-0.25, -0.2) is 0 Å². The Bertz CT molecular complexity index is 1100. The highest BCUT2D eigenvalue weighted by atomic mass is 14.7. The number of allylic oxidation sites excluding steroid dienone is 4. The van der Waals surface area contributed by atoms with Gasteiger partial charge in [-0.2, -0.15) is 15.8 Å². The van der Waals surface area contributed by atoms with Crippen molar-refractivity contribution >= 4 is 0 Å². The first-order chi connectivity index (χ1) is 14.2. The Morgan fingerprint density at radius 2 is 1.72 bits per heavy atom. The lowest BCUT2D eigenvalue weighted by Gasteiger charge is -2.44. The van der Waals surface area contributed by atoms with Crippen molar-refractivity contribution in [1.29, 1.82) is 15.8 Å². The van der Waals surface area contributed by atoms with E-state index in [9.17, 15) is 15.8 Å². The molecule has 2 aliphatic rings. The van der Waals surface area contributed by atoms with Gasteiger partial charge in [-0.1, -0.05) is 42.5 Å². The summed E-state index contributed by atoms with van der Waals surface area (Å²) in [5.74, 6) is -0.404. The molecule has 5 nitrogen and oxygen atoms in total. The molecule has 0 saturated carbocycles. The SMILES string of the molecule is N#CC1=C(N)C(C#N)(C#N)[C@H](c2cccnc2)[C@H]2C[C@H](c3ccccc3)CC=C12. The third-order valence-electron chi connectivity index (χ3n) is 6.19. The zero-order chi connectivity index (χ0) is 20.4. The molecule has 29 heavy (non-hydrogen) atoms. The summed E-state index contributed by atoms with van der Waals surface area (Å²) in [6, 6.07) is 20.4. The predicted octanol–water partition coefficient (Wildman–Crippen LogP) is 4.07.